The van der Waals surface area contributed by atoms with Crippen molar-refractivity contribution in [2.24, 2.45) is 5.92 Å². The van der Waals surface area contributed by atoms with Crippen molar-refractivity contribution >= 4 is 18.0 Å². The lowest BCUT2D eigenvalue weighted by Crippen LogP contribution is -2.61. The highest BCUT2D eigenvalue weighted by atomic mass is 16.6. The standard InChI is InChI=1S/C17H26N2O5/c1-5-12-10-13(20)19(11-12)17(14(21)22)6-8-18(9-7-17)15(23)24-16(2,3)4/h5,12H,1,6-11H2,2-4H3,(H,21,22). The van der Waals surface area contributed by atoms with Crippen LogP contribution in [0.3, 0.4) is 0 Å². The number of hydrogen-bond donors (Lipinski definition) is 1. The molecule has 2 fully saturated rings. The Bertz CT molecular complexity index is 544. The van der Waals surface area contributed by atoms with Gasteiger partial charge >= 0.3 is 12.1 Å². The van der Waals surface area contributed by atoms with E-state index in [9.17, 15) is 19.5 Å². The number of likely N-dealkylation sites (tertiary alicyclic amines) is 2. The molecule has 0 aliphatic carbocycles. The van der Waals surface area contributed by atoms with Gasteiger partial charge in [-0.25, -0.2) is 9.59 Å². The Kier molecular flexibility index (Phi) is 4.92. The second-order valence-electron chi connectivity index (χ2n) is 7.51. The molecule has 24 heavy (non-hydrogen) atoms. The highest BCUT2D eigenvalue weighted by Crippen LogP contribution is 2.35. The first-order valence-electron chi connectivity index (χ1n) is 8.23. The number of rotatable bonds is 3. The van der Waals surface area contributed by atoms with Gasteiger partial charge in [-0.3, -0.25) is 4.79 Å². The van der Waals surface area contributed by atoms with Crippen LogP contribution in [0.4, 0.5) is 4.79 Å². The molecule has 0 spiro atoms. The number of carbonyl (C=O) groups excluding carboxylic acids is 2. The van der Waals surface area contributed by atoms with Gasteiger partial charge in [0, 0.05) is 32.0 Å². The van der Waals surface area contributed by atoms with E-state index < -0.39 is 23.2 Å². The fraction of sp³-hybridized carbons (Fsp3) is 0.706. The predicted molar refractivity (Wildman–Crippen MR) is 87.4 cm³/mol. The van der Waals surface area contributed by atoms with Crippen molar-refractivity contribution in [1.82, 2.24) is 9.80 Å². The van der Waals surface area contributed by atoms with E-state index in [0.29, 0.717) is 13.0 Å². The third-order valence-electron chi connectivity index (χ3n) is 4.65. The first-order chi connectivity index (χ1) is 11.1. The molecule has 2 saturated heterocycles. The number of carboxylic acids is 1. The van der Waals surface area contributed by atoms with Gasteiger partial charge in [0.15, 0.2) is 0 Å². The molecule has 2 aliphatic rings. The summed E-state index contributed by atoms with van der Waals surface area (Å²) >= 11 is 0. The summed E-state index contributed by atoms with van der Waals surface area (Å²) < 4.78 is 5.33. The van der Waals surface area contributed by atoms with E-state index in [1.165, 1.54) is 9.80 Å². The van der Waals surface area contributed by atoms with Gasteiger partial charge in [0.05, 0.1) is 0 Å². The highest BCUT2D eigenvalue weighted by molar-refractivity contribution is 5.89. The van der Waals surface area contributed by atoms with Crippen molar-refractivity contribution in [3.8, 4) is 0 Å². The molecule has 7 nitrogen and oxygen atoms in total. The van der Waals surface area contributed by atoms with Crippen LogP contribution in [0, 0.1) is 5.92 Å². The average molecular weight is 338 g/mol. The molecule has 0 saturated carbocycles. The van der Waals surface area contributed by atoms with Crippen molar-refractivity contribution in [3.05, 3.63) is 12.7 Å². The van der Waals surface area contributed by atoms with Crippen molar-refractivity contribution in [3.63, 3.8) is 0 Å². The number of amides is 2. The predicted octanol–water partition coefficient (Wildman–Crippen LogP) is 1.88. The molecule has 1 atom stereocenters. The van der Waals surface area contributed by atoms with Gasteiger partial charge in [0.2, 0.25) is 5.91 Å². The average Bonchev–Trinajstić information content (AvgIpc) is 2.87. The summed E-state index contributed by atoms with van der Waals surface area (Å²) in [5, 5.41) is 9.78. The molecule has 7 heteroatoms. The Balaban J connectivity index is 2.10. The number of aliphatic carboxylic acids is 1. The molecule has 2 amide bonds. The SMILES string of the molecule is C=CC1CC(=O)N(C2(C(=O)O)CCN(C(=O)OC(C)(C)C)CC2)C1. The largest absolute Gasteiger partial charge is 0.479 e. The summed E-state index contributed by atoms with van der Waals surface area (Å²) in [6.45, 7) is 9.94. The molecule has 2 aliphatic heterocycles. The molecular formula is C17H26N2O5. The molecule has 2 heterocycles. The zero-order chi connectivity index (χ0) is 18.1. The monoisotopic (exact) mass is 338 g/mol. The molecule has 1 unspecified atom stereocenters. The van der Waals surface area contributed by atoms with E-state index in [2.05, 4.69) is 6.58 Å². The van der Waals surface area contributed by atoms with Crippen LogP contribution >= 0.6 is 0 Å². The van der Waals surface area contributed by atoms with Crippen molar-refractivity contribution in [2.45, 2.75) is 51.2 Å². The smallest absolute Gasteiger partial charge is 0.410 e. The quantitative estimate of drug-likeness (QED) is 0.794. The molecule has 2 rings (SSSR count). The van der Waals surface area contributed by atoms with Crippen LogP contribution in [0.25, 0.3) is 0 Å². The van der Waals surface area contributed by atoms with E-state index in [-0.39, 0.29) is 37.8 Å². The third kappa shape index (κ3) is 3.55. The van der Waals surface area contributed by atoms with E-state index in [4.69, 9.17) is 4.74 Å². The van der Waals surface area contributed by atoms with Gasteiger partial charge in [-0.2, -0.15) is 0 Å². The summed E-state index contributed by atoms with van der Waals surface area (Å²) in [6, 6.07) is 0. The number of piperidine rings is 1. The maximum atomic E-state index is 12.3. The molecule has 0 bridgehead atoms. The molecule has 0 aromatic heterocycles. The van der Waals surface area contributed by atoms with Crippen LogP contribution in [0.5, 0.6) is 0 Å². The minimum atomic E-state index is -1.24. The van der Waals surface area contributed by atoms with E-state index in [1.54, 1.807) is 26.8 Å². The minimum absolute atomic E-state index is 0.0161. The third-order valence-corrected chi connectivity index (χ3v) is 4.65. The second-order valence-corrected chi connectivity index (χ2v) is 7.51. The Hall–Kier alpha value is -2.05. The van der Waals surface area contributed by atoms with Crippen LogP contribution in [0.2, 0.25) is 0 Å². The number of nitrogens with zero attached hydrogens (tertiary/aromatic N) is 2. The maximum absolute atomic E-state index is 12.3. The van der Waals surface area contributed by atoms with Crippen molar-refractivity contribution < 1.29 is 24.2 Å². The molecule has 0 aromatic rings. The van der Waals surface area contributed by atoms with Crippen molar-refractivity contribution in [2.75, 3.05) is 19.6 Å². The Morgan fingerprint density at radius 3 is 2.33 bits per heavy atom. The molecule has 1 N–H and O–H groups in total. The molecule has 134 valence electrons. The summed E-state index contributed by atoms with van der Waals surface area (Å²) in [7, 11) is 0. The molecular weight excluding hydrogens is 312 g/mol. The van der Waals surface area contributed by atoms with E-state index >= 15 is 0 Å². The van der Waals surface area contributed by atoms with Gasteiger partial charge in [-0.1, -0.05) is 6.08 Å². The van der Waals surface area contributed by atoms with Crippen LogP contribution in [0.1, 0.15) is 40.0 Å². The maximum Gasteiger partial charge on any atom is 0.410 e. The lowest BCUT2D eigenvalue weighted by atomic mass is 9.85. The van der Waals surface area contributed by atoms with Crippen LogP contribution in [-0.4, -0.2) is 63.7 Å². The number of carbonyl (C=O) groups is 3. The lowest BCUT2D eigenvalue weighted by Gasteiger charge is -2.44. The number of hydrogen-bond acceptors (Lipinski definition) is 4. The fourth-order valence-electron chi connectivity index (χ4n) is 3.29. The first-order valence-corrected chi connectivity index (χ1v) is 8.23. The minimum Gasteiger partial charge on any atom is -0.479 e. The molecule has 0 radical (unpaired) electrons. The Labute approximate surface area is 142 Å². The van der Waals surface area contributed by atoms with Gasteiger partial charge in [-0.05, 0) is 33.6 Å². The number of carboxylic acid groups (broad SMARTS) is 1. The van der Waals surface area contributed by atoms with Gasteiger partial charge in [-0.15, -0.1) is 6.58 Å². The fourth-order valence-corrected chi connectivity index (χ4v) is 3.29. The zero-order valence-electron chi connectivity index (χ0n) is 14.6. The molecule has 0 aromatic carbocycles. The number of ether oxygens (including phenoxy) is 1. The lowest BCUT2D eigenvalue weighted by molar-refractivity contribution is -0.160. The van der Waals surface area contributed by atoms with E-state index in [1.807, 2.05) is 0 Å². The summed E-state index contributed by atoms with van der Waals surface area (Å²) in [5.74, 6) is -1.19. The van der Waals surface area contributed by atoms with Gasteiger partial charge < -0.3 is 19.6 Å². The van der Waals surface area contributed by atoms with Crippen LogP contribution in [-0.2, 0) is 14.3 Å². The van der Waals surface area contributed by atoms with E-state index in [0.717, 1.165) is 0 Å². The summed E-state index contributed by atoms with van der Waals surface area (Å²) in [5.41, 5.74) is -1.84. The van der Waals surface area contributed by atoms with Gasteiger partial charge in [0.1, 0.15) is 11.1 Å². The normalized spacial score (nSPS) is 24.0. The van der Waals surface area contributed by atoms with Gasteiger partial charge in [0.25, 0.3) is 0 Å². The summed E-state index contributed by atoms with van der Waals surface area (Å²) in [4.78, 5) is 39.3. The van der Waals surface area contributed by atoms with Crippen LogP contribution < -0.4 is 0 Å². The van der Waals surface area contributed by atoms with Crippen molar-refractivity contribution in [1.29, 1.82) is 0 Å². The second kappa shape index (κ2) is 6.45. The summed E-state index contributed by atoms with van der Waals surface area (Å²) in [6.07, 6.45) is 1.96. The first kappa shape index (κ1) is 18.3. The zero-order valence-corrected chi connectivity index (χ0v) is 14.6. The topological polar surface area (TPSA) is 87.2 Å². The highest BCUT2D eigenvalue weighted by Gasteiger charge is 2.51. The van der Waals surface area contributed by atoms with Crippen LogP contribution in [0.15, 0.2) is 12.7 Å². The Morgan fingerprint density at radius 1 is 1.33 bits per heavy atom. The Morgan fingerprint density at radius 2 is 1.92 bits per heavy atom.